The molecule has 0 unspecified atom stereocenters. The lowest BCUT2D eigenvalue weighted by Crippen LogP contribution is -2.30. The fraction of sp³-hybridized carbons (Fsp3) is 0.500. The van der Waals surface area contributed by atoms with Crippen molar-refractivity contribution in [3.8, 4) is 5.75 Å². The van der Waals surface area contributed by atoms with Gasteiger partial charge in [0, 0.05) is 22.7 Å². The van der Waals surface area contributed by atoms with Crippen molar-refractivity contribution in [2.75, 3.05) is 24.7 Å². The summed E-state index contributed by atoms with van der Waals surface area (Å²) in [4.78, 5) is 0. The van der Waals surface area contributed by atoms with Crippen LogP contribution in [0.1, 0.15) is 20.8 Å². The molecule has 0 radical (unpaired) electrons. The van der Waals surface area contributed by atoms with E-state index < -0.39 is 0 Å². The third kappa shape index (κ3) is 6.68. The third-order valence-electron chi connectivity index (χ3n) is 2.33. The Morgan fingerprint density at radius 1 is 1.40 bits per heavy atom. The van der Waals surface area contributed by atoms with Crippen LogP contribution in [0.15, 0.2) is 18.2 Å². The van der Waals surface area contributed by atoms with Gasteiger partial charge in [-0.2, -0.15) is 11.8 Å². The maximum atomic E-state index is 6.06. The van der Waals surface area contributed by atoms with E-state index in [4.69, 9.17) is 28.6 Å². The number of benzene rings is 1. The molecule has 0 aromatic heterocycles. The summed E-state index contributed by atoms with van der Waals surface area (Å²) in [6.45, 7) is 7.44. The molecule has 0 saturated carbocycles. The second-order valence-electron chi connectivity index (χ2n) is 5.19. The molecular weight excluding hydrogens is 312 g/mol. The number of rotatable bonds is 5. The molecule has 0 aliphatic carbocycles. The van der Waals surface area contributed by atoms with Gasteiger partial charge in [0.25, 0.3) is 0 Å². The van der Waals surface area contributed by atoms with Crippen LogP contribution in [0, 0.1) is 0 Å². The largest absolute Gasteiger partial charge is 0.495 e. The quantitative estimate of drug-likeness (QED) is 0.625. The number of thioether (sulfide) groups is 1. The van der Waals surface area contributed by atoms with E-state index in [1.807, 2.05) is 23.9 Å². The Morgan fingerprint density at radius 3 is 2.65 bits per heavy atom. The number of hydrogen-bond donors (Lipinski definition) is 2. The van der Waals surface area contributed by atoms with Gasteiger partial charge in [-0.1, -0.05) is 32.4 Å². The number of halogens is 1. The highest BCUT2D eigenvalue weighted by molar-refractivity contribution is 8.00. The van der Waals surface area contributed by atoms with E-state index in [2.05, 4.69) is 31.4 Å². The maximum Gasteiger partial charge on any atom is 0.170 e. The zero-order chi connectivity index (χ0) is 15.2. The predicted octanol–water partition coefficient (Wildman–Crippen LogP) is 4.17. The normalized spacial score (nSPS) is 11.1. The first-order chi connectivity index (χ1) is 9.31. The predicted molar refractivity (Wildman–Crippen MR) is 94.4 cm³/mol. The van der Waals surface area contributed by atoms with Crippen molar-refractivity contribution in [3.05, 3.63) is 23.2 Å². The number of ether oxygens (including phenoxy) is 1. The number of hydrogen-bond acceptors (Lipinski definition) is 3. The summed E-state index contributed by atoms with van der Waals surface area (Å²) >= 11 is 13.2. The molecule has 1 aromatic carbocycles. The van der Waals surface area contributed by atoms with E-state index in [-0.39, 0.29) is 4.75 Å². The van der Waals surface area contributed by atoms with Crippen molar-refractivity contribution in [3.63, 3.8) is 0 Å². The summed E-state index contributed by atoms with van der Waals surface area (Å²) in [6.07, 6.45) is 0. The maximum absolute atomic E-state index is 6.06. The van der Waals surface area contributed by atoms with Crippen LogP contribution in [0.2, 0.25) is 5.02 Å². The molecule has 112 valence electrons. The molecular formula is C14H21ClN2OS2. The fourth-order valence-corrected chi connectivity index (χ4v) is 2.74. The third-order valence-corrected chi connectivity index (χ3v) is 4.15. The zero-order valence-electron chi connectivity index (χ0n) is 12.2. The molecule has 0 bridgehead atoms. The summed E-state index contributed by atoms with van der Waals surface area (Å²) in [6, 6.07) is 5.48. The lowest BCUT2D eigenvalue weighted by molar-refractivity contribution is 0.415. The van der Waals surface area contributed by atoms with Crippen LogP contribution in [-0.2, 0) is 0 Å². The average Bonchev–Trinajstić information content (AvgIpc) is 2.34. The van der Waals surface area contributed by atoms with Crippen LogP contribution in [0.5, 0.6) is 5.75 Å². The minimum absolute atomic E-state index is 0.278. The van der Waals surface area contributed by atoms with E-state index in [1.165, 1.54) is 0 Å². The molecule has 1 aromatic rings. The smallest absolute Gasteiger partial charge is 0.170 e. The summed E-state index contributed by atoms with van der Waals surface area (Å²) in [5.41, 5.74) is 0.844. The Morgan fingerprint density at radius 2 is 2.10 bits per heavy atom. The molecule has 1 rings (SSSR count). The Balaban J connectivity index is 2.37. The monoisotopic (exact) mass is 332 g/mol. The van der Waals surface area contributed by atoms with E-state index >= 15 is 0 Å². The molecule has 0 amide bonds. The van der Waals surface area contributed by atoms with Crippen molar-refractivity contribution in [1.82, 2.24) is 5.32 Å². The summed E-state index contributed by atoms with van der Waals surface area (Å²) in [5, 5.41) is 7.44. The Bertz CT molecular complexity index is 461. The van der Waals surface area contributed by atoms with Crippen molar-refractivity contribution >= 4 is 46.4 Å². The first-order valence-corrected chi connectivity index (χ1v) is 8.11. The highest BCUT2D eigenvalue weighted by atomic mass is 35.5. The minimum atomic E-state index is 0.278. The number of thiocarbonyl (C=S) groups is 1. The van der Waals surface area contributed by atoms with Gasteiger partial charge in [-0.25, -0.2) is 0 Å². The first-order valence-electron chi connectivity index (χ1n) is 6.34. The molecule has 6 heteroatoms. The molecule has 2 N–H and O–H groups in total. The molecule has 20 heavy (non-hydrogen) atoms. The van der Waals surface area contributed by atoms with Crippen LogP contribution in [-0.4, -0.2) is 29.3 Å². The number of methoxy groups -OCH3 is 1. The van der Waals surface area contributed by atoms with E-state index in [1.54, 1.807) is 13.2 Å². The zero-order valence-corrected chi connectivity index (χ0v) is 14.6. The van der Waals surface area contributed by atoms with Crippen molar-refractivity contribution in [1.29, 1.82) is 0 Å². The van der Waals surface area contributed by atoms with Crippen LogP contribution in [0.4, 0.5) is 5.69 Å². The van der Waals surface area contributed by atoms with Crippen molar-refractivity contribution in [2.45, 2.75) is 25.5 Å². The van der Waals surface area contributed by atoms with Gasteiger partial charge in [0.05, 0.1) is 12.1 Å². The average molecular weight is 333 g/mol. The highest BCUT2D eigenvalue weighted by Gasteiger charge is 2.09. The molecule has 0 heterocycles. The first kappa shape index (κ1) is 17.4. The van der Waals surface area contributed by atoms with E-state index in [0.29, 0.717) is 15.9 Å². The summed E-state index contributed by atoms with van der Waals surface area (Å²) in [7, 11) is 1.59. The van der Waals surface area contributed by atoms with Gasteiger partial charge in [-0.3, -0.25) is 0 Å². The molecule has 0 saturated heterocycles. The SMILES string of the molecule is COc1ccc(NC(=S)NCCSC(C)(C)C)cc1Cl. The topological polar surface area (TPSA) is 33.3 Å². The molecule has 0 atom stereocenters. The van der Waals surface area contributed by atoms with Gasteiger partial charge < -0.3 is 15.4 Å². The lowest BCUT2D eigenvalue weighted by Gasteiger charge is -2.18. The van der Waals surface area contributed by atoms with Gasteiger partial charge in [0.1, 0.15) is 5.75 Å². The number of anilines is 1. The van der Waals surface area contributed by atoms with Gasteiger partial charge in [0.15, 0.2) is 5.11 Å². The Labute approximate surface area is 135 Å². The second-order valence-corrected chi connectivity index (χ2v) is 7.93. The Hall–Kier alpha value is -0.650. The van der Waals surface area contributed by atoms with Crippen molar-refractivity contribution < 1.29 is 4.74 Å². The minimum Gasteiger partial charge on any atom is -0.495 e. The Kier molecular flexibility index (Phi) is 6.92. The molecule has 0 aliphatic heterocycles. The highest BCUT2D eigenvalue weighted by Crippen LogP contribution is 2.27. The number of nitrogens with one attached hydrogen (secondary N) is 2. The summed E-state index contributed by atoms with van der Waals surface area (Å²) < 4.78 is 5.38. The van der Waals surface area contributed by atoms with E-state index in [0.717, 1.165) is 18.0 Å². The fourth-order valence-electron chi connectivity index (χ4n) is 1.44. The van der Waals surface area contributed by atoms with Gasteiger partial charge in [-0.15, -0.1) is 0 Å². The second kappa shape index (κ2) is 7.96. The summed E-state index contributed by atoms with van der Waals surface area (Å²) in [5.74, 6) is 1.66. The molecule has 3 nitrogen and oxygen atoms in total. The molecule has 0 aliphatic rings. The van der Waals surface area contributed by atoms with E-state index in [9.17, 15) is 0 Å². The van der Waals surface area contributed by atoms with Gasteiger partial charge in [-0.05, 0) is 30.4 Å². The lowest BCUT2D eigenvalue weighted by atomic mass is 10.3. The van der Waals surface area contributed by atoms with Crippen LogP contribution >= 0.6 is 35.6 Å². The van der Waals surface area contributed by atoms with Crippen LogP contribution in [0.25, 0.3) is 0 Å². The molecule has 0 spiro atoms. The van der Waals surface area contributed by atoms with Gasteiger partial charge >= 0.3 is 0 Å². The van der Waals surface area contributed by atoms with Crippen LogP contribution < -0.4 is 15.4 Å². The van der Waals surface area contributed by atoms with Crippen molar-refractivity contribution in [2.24, 2.45) is 0 Å². The molecule has 0 fully saturated rings. The van der Waals surface area contributed by atoms with Gasteiger partial charge in [0.2, 0.25) is 0 Å². The van der Waals surface area contributed by atoms with Crippen LogP contribution in [0.3, 0.4) is 0 Å². The standard InChI is InChI=1S/C14H21ClN2OS2/c1-14(2,3)20-8-7-16-13(19)17-10-5-6-12(18-4)11(15)9-10/h5-6,9H,7-8H2,1-4H3,(H2,16,17,19).